The fourth-order valence-electron chi connectivity index (χ4n) is 1.24. The van der Waals surface area contributed by atoms with Crippen LogP contribution in [0.2, 0.25) is 10.3 Å². The summed E-state index contributed by atoms with van der Waals surface area (Å²) in [6.07, 6.45) is 1.23. The van der Waals surface area contributed by atoms with Crippen molar-refractivity contribution >= 4 is 34.8 Å². The number of likely N-dealkylation sites (N-methyl/N-ethyl adjacent to an activating group) is 1. The molecule has 0 aliphatic heterocycles. The van der Waals surface area contributed by atoms with Crippen molar-refractivity contribution in [1.82, 2.24) is 15.3 Å². The number of nitrogens with one attached hydrogen (secondary N) is 2. The number of aromatic nitrogens is 2. The van der Waals surface area contributed by atoms with Crippen molar-refractivity contribution in [2.75, 3.05) is 11.9 Å². The van der Waals surface area contributed by atoms with E-state index in [1.807, 2.05) is 6.92 Å². The number of amides is 1. The molecule has 0 spiro atoms. The predicted molar refractivity (Wildman–Crippen MR) is 68.4 cm³/mol. The van der Waals surface area contributed by atoms with E-state index in [0.29, 0.717) is 6.54 Å². The van der Waals surface area contributed by atoms with E-state index in [9.17, 15) is 4.79 Å². The number of hydrogen-bond acceptors (Lipinski definition) is 4. The van der Waals surface area contributed by atoms with Gasteiger partial charge in [-0.3, -0.25) is 4.79 Å². The van der Waals surface area contributed by atoms with Gasteiger partial charge in [-0.2, -0.15) is 0 Å². The van der Waals surface area contributed by atoms with Gasteiger partial charge in [-0.05, 0) is 20.4 Å². The van der Waals surface area contributed by atoms with Crippen molar-refractivity contribution in [2.24, 2.45) is 0 Å². The minimum Gasteiger partial charge on any atom is -0.319 e. The number of anilines is 1. The van der Waals surface area contributed by atoms with E-state index in [-0.39, 0.29) is 21.9 Å². The van der Waals surface area contributed by atoms with Gasteiger partial charge in [0, 0.05) is 0 Å². The summed E-state index contributed by atoms with van der Waals surface area (Å²) in [6, 6.07) is 0. The molecule has 1 rings (SSSR count). The van der Waals surface area contributed by atoms with Gasteiger partial charge in [0.25, 0.3) is 0 Å². The van der Waals surface area contributed by atoms with Gasteiger partial charge < -0.3 is 10.6 Å². The Morgan fingerprint density at radius 3 is 2.35 bits per heavy atom. The van der Waals surface area contributed by atoms with Crippen LogP contribution in [0.25, 0.3) is 0 Å². The molecule has 0 aliphatic rings. The number of rotatable bonds is 4. The monoisotopic (exact) mass is 276 g/mol. The molecule has 2 N–H and O–H groups in total. The zero-order chi connectivity index (χ0) is 13.1. The van der Waals surface area contributed by atoms with Crippen LogP contribution in [0, 0.1) is 0 Å². The van der Waals surface area contributed by atoms with Gasteiger partial charge >= 0.3 is 0 Å². The van der Waals surface area contributed by atoms with Crippen LogP contribution in [0.15, 0.2) is 6.33 Å². The van der Waals surface area contributed by atoms with Crippen LogP contribution < -0.4 is 10.6 Å². The average molecular weight is 277 g/mol. The molecule has 1 aromatic heterocycles. The van der Waals surface area contributed by atoms with Gasteiger partial charge in [-0.15, -0.1) is 0 Å². The second-order valence-corrected chi connectivity index (χ2v) is 4.66. The molecule has 1 aromatic rings. The number of halogens is 2. The molecule has 0 saturated heterocycles. The highest BCUT2D eigenvalue weighted by Crippen LogP contribution is 2.26. The summed E-state index contributed by atoms with van der Waals surface area (Å²) in [5, 5.41) is 5.89. The van der Waals surface area contributed by atoms with Gasteiger partial charge in [0.15, 0.2) is 10.3 Å². The minimum absolute atomic E-state index is 0.116. The maximum atomic E-state index is 12.0. The average Bonchev–Trinajstić information content (AvgIpc) is 2.23. The summed E-state index contributed by atoms with van der Waals surface area (Å²) >= 11 is 11.7. The van der Waals surface area contributed by atoms with Crippen LogP contribution in [-0.2, 0) is 4.79 Å². The van der Waals surface area contributed by atoms with Gasteiger partial charge in [-0.25, -0.2) is 9.97 Å². The molecule has 5 nitrogen and oxygen atoms in total. The normalized spacial score (nSPS) is 11.4. The Labute approximate surface area is 110 Å². The van der Waals surface area contributed by atoms with Crippen molar-refractivity contribution in [2.45, 2.75) is 26.3 Å². The molecule has 0 bridgehead atoms. The first-order chi connectivity index (χ1) is 7.88. The third-order valence-electron chi connectivity index (χ3n) is 2.18. The van der Waals surface area contributed by atoms with Gasteiger partial charge in [0.2, 0.25) is 5.91 Å². The Balaban J connectivity index is 2.88. The quantitative estimate of drug-likeness (QED) is 0.827. The molecular weight excluding hydrogens is 263 g/mol. The topological polar surface area (TPSA) is 66.9 Å². The maximum absolute atomic E-state index is 12.0. The van der Waals surface area contributed by atoms with Crippen LogP contribution in [0.4, 0.5) is 5.69 Å². The second kappa shape index (κ2) is 5.62. The van der Waals surface area contributed by atoms with E-state index in [4.69, 9.17) is 23.2 Å². The Morgan fingerprint density at radius 1 is 1.35 bits per heavy atom. The van der Waals surface area contributed by atoms with Crippen molar-refractivity contribution < 1.29 is 4.79 Å². The lowest BCUT2D eigenvalue weighted by Crippen LogP contribution is -2.49. The highest BCUT2D eigenvalue weighted by Gasteiger charge is 2.27. The minimum atomic E-state index is -0.725. The molecule has 0 saturated carbocycles. The zero-order valence-corrected chi connectivity index (χ0v) is 11.4. The molecule has 1 heterocycles. The standard InChI is InChI=1S/C10H14Cl2N4O/c1-4-15-10(2,3)9(17)16-6-7(11)13-5-14-8(6)12/h5,15H,4H2,1-3H3,(H,16,17). The third-order valence-corrected chi connectivity index (χ3v) is 2.75. The van der Waals surface area contributed by atoms with Crippen LogP contribution in [0.3, 0.4) is 0 Å². The van der Waals surface area contributed by atoms with Crippen LogP contribution in [-0.4, -0.2) is 28.0 Å². The number of carbonyl (C=O) groups excluding carboxylic acids is 1. The Hall–Kier alpha value is -0.910. The van der Waals surface area contributed by atoms with E-state index in [1.165, 1.54) is 6.33 Å². The summed E-state index contributed by atoms with van der Waals surface area (Å²) < 4.78 is 0. The fraction of sp³-hybridized carbons (Fsp3) is 0.500. The van der Waals surface area contributed by atoms with Crippen molar-refractivity contribution in [1.29, 1.82) is 0 Å². The lowest BCUT2D eigenvalue weighted by Gasteiger charge is -2.24. The summed E-state index contributed by atoms with van der Waals surface area (Å²) in [4.78, 5) is 19.5. The molecule has 0 aliphatic carbocycles. The van der Waals surface area contributed by atoms with Crippen molar-refractivity contribution in [3.63, 3.8) is 0 Å². The first kappa shape index (κ1) is 14.2. The van der Waals surface area contributed by atoms with E-state index in [0.717, 1.165) is 0 Å². The smallest absolute Gasteiger partial charge is 0.244 e. The number of carbonyl (C=O) groups is 1. The molecular formula is C10H14Cl2N4O. The van der Waals surface area contributed by atoms with Gasteiger partial charge in [0.1, 0.15) is 12.0 Å². The second-order valence-electron chi connectivity index (χ2n) is 3.94. The summed E-state index contributed by atoms with van der Waals surface area (Å²) in [6.45, 7) is 6.11. The Morgan fingerprint density at radius 2 is 1.88 bits per heavy atom. The maximum Gasteiger partial charge on any atom is 0.244 e. The molecule has 94 valence electrons. The van der Waals surface area contributed by atoms with Gasteiger partial charge in [-0.1, -0.05) is 30.1 Å². The summed E-state index contributed by atoms with van der Waals surface area (Å²) in [7, 11) is 0. The lowest BCUT2D eigenvalue weighted by molar-refractivity contribution is -0.121. The molecule has 0 unspecified atom stereocenters. The number of nitrogens with zero attached hydrogens (tertiary/aromatic N) is 2. The molecule has 0 radical (unpaired) electrons. The predicted octanol–water partition coefficient (Wildman–Crippen LogP) is 2.11. The highest BCUT2D eigenvalue weighted by molar-refractivity contribution is 6.38. The van der Waals surface area contributed by atoms with Crippen LogP contribution in [0.1, 0.15) is 20.8 Å². The Bertz CT molecular complexity index is 403. The number of hydrogen-bond donors (Lipinski definition) is 2. The van der Waals surface area contributed by atoms with E-state index >= 15 is 0 Å². The van der Waals surface area contributed by atoms with E-state index in [2.05, 4.69) is 20.6 Å². The van der Waals surface area contributed by atoms with E-state index < -0.39 is 5.54 Å². The first-order valence-corrected chi connectivity index (χ1v) is 5.86. The van der Waals surface area contributed by atoms with Gasteiger partial charge in [0.05, 0.1) is 5.54 Å². The van der Waals surface area contributed by atoms with Crippen molar-refractivity contribution in [3.05, 3.63) is 16.6 Å². The SMILES string of the molecule is CCNC(C)(C)C(=O)Nc1c(Cl)ncnc1Cl. The van der Waals surface area contributed by atoms with Crippen LogP contribution >= 0.6 is 23.2 Å². The molecule has 1 amide bonds. The Kier molecular flexibility index (Phi) is 4.68. The zero-order valence-electron chi connectivity index (χ0n) is 9.84. The molecule has 0 aromatic carbocycles. The first-order valence-electron chi connectivity index (χ1n) is 5.11. The van der Waals surface area contributed by atoms with Crippen molar-refractivity contribution in [3.8, 4) is 0 Å². The fourth-order valence-corrected chi connectivity index (χ4v) is 1.65. The lowest BCUT2D eigenvalue weighted by atomic mass is 10.0. The summed E-state index contributed by atoms with van der Waals surface area (Å²) in [5.74, 6) is -0.252. The highest BCUT2D eigenvalue weighted by atomic mass is 35.5. The molecule has 17 heavy (non-hydrogen) atoms. The third kappa shape index (κ3) is 3.52. The molecule has 0 fully saturated rings. The molecule has 7 heteroatoms. The molecule has 0 atom stereocenters. The van der Waals surface area contributed by atoms with E-state index in [1.54, 1.807) is 13.8 Å². The summed E-state index contributed by atoms with van der Waals surface area (Å²) in [5.41, 5.74) is -0.496. The largest absolute Gasteiger partial charge is 0.319 e. The van der Waals surface area contributed by atoms with Crippen LogP contribution in [0.5, 0.6) is 0 Å².